The van der Waals surface area contributed by atoms with Crippen molar-refractivity contribution >= 4 is 16.7 Å². The molecule has 0 aliphatic heterocycles. The molecule has 3 N–H and O–H groups in total. The van der Waals surface area contributed by atoms with Crippen LogP contribution in [0.25, 0.3) is 10.8 Å². The number of hydrogen-bond donors (Lipinski definition) is 2. The molecular weight excluding hydrogens is 228 g/mol. The van der Waals surface area contributed by atoms with Gasteiger partial charge in [0.25, 0.3) is 0 Å². The van der Waals surface area contributed by atoms with Gasteiger partial charge in [0.1, 0.15) is 6.04 Å². The summed E-state index contributed by atoms with van der Waals surface area (Å²) in [5.41, 5.74) is 7.65. The van der Waals surface area contributed by atoms with Crippen LogP contribution in [0.15, 0.2) is 30.6 Å². The maximum Gasteiger partial charge on any atom is 0.320 e. The van der Waals surface area contributed by atoms with Gasteiger partial charge >= 0.3 is 5.97 Å². The lowest BCUT2D eigenvalue weighted by Crippen LogP contribution is -2.32. The summed E-state index contributed by atoms with van der Waals surface area (Å²) in [5.74, 6) is -0.976. The quantitative estimate of drug-likeness (QED) is 0.859. The van der Waals surface area contributed by atoms with E-state index in [9.17, 15) is 4.79 Å². The Morgan fingerprint density at radius 1 is 1.44 bits per heavy atom. The fourth-order valence-electron chi connectivity index (χ4n) is 2.04. The Labute approximate surface area is 105 Å². The van der Waals surface area contributed by atoms with E-state index >= 15 is 0 Å². The molecule has 94 valence electrons. The van der Waals surface area contributed by atoms with Gasteiger partial charge in [-0.25, -0.2) is 0 Å². The molecule has 0 amide bonds. The minimum atomic E-state index is -0.976. The molecule has 2 aromatic rings. The third-order valence-electron chi connectivity index (χ3n) is 3.06. The fourth-order valence-corrected chi connectivity index (χ4v) is 2.04. The van der Waals surface area contributed by atoms with Gasteiger partial charge in [-0.3, -0.25) is 9.78 Å². The SMILES string of the molecule is CCc1cncc2cc(CC(N)C(=O)O)ccc12. The Bertz CT molecular complexity index is 581. The molecule has 0 radical (unpaired) electrons. The van der Waals surface area contributed by atoms with Gasteiger partial charge in [0.05, 0.1) is 0 Å². The number of aromatic nitrogens is 1. The summed E-state index contributed by atoms with van der Waals surface area (Å²) in [6, 6.07) is 5.05. The number of benzene rings is 1. The number of aryl methyl sites for hydroxylation is 1. The molecule has 0 aliphatic rings. The molecule has 0 spiro atoms. The fraction of sp³-hybridized carbons (Fsp3) is 0.286. The lowest BCUT2D eigenvalue weighted by molar-refractivity contribution is -0.138. The van der Waals surface area contributed by atoms with E-state index in [0.29, 0.717) is 6.42 Å². The van der Waals surface area contributed by atoms with E-state index < -0.39 is 12.0 Å². The number of carbonyl (C=O) groups is 1. The monoisotopic (exact) mass is 244 g/mol. The molecule has 4 nitrogen and oxygen atoms in total. The highest BCUT2D eigenvalue weighted by molar-refractivity contribution is 5.85. The number of pyridine rings is 1. The van der Waals surface area contributed by atoms with E-state index in [1.54, 1.807) is 6.20 Å². The lowest BCUT2D eigenvalue weighted by Gasteiger charge is -2.09. The van der Waals surface area contributed by atoms with Gasteiger partial charge in [-0.1, -0.05) is 19.1 Å². The summed E-state index contributed by atoms with van der Waals surface area (Å²) in [6.07, 6.45) is 4.93. The number of nitrogens with two attached hydrogens (primary N) is 1. The third-order valence-corrected chi connectivity index (χ3v) is 3.06. The van der Waals surface area contributed by atoms with Gasteiger partial charge < -0.3 is 10.8 Å². The van der Waals surface area contributed by atoms with E-state index in [-0.39, 0.29) is 0 Å². The molecule has 18 heavy (non-hydrogen) atoms. The van der Waals surface area contributed by atoms with Crippen molar-refractivity contribution < 1.29 is 9.90 Å². The van der Waals surface area contributed by atoms with Crippen LogP contribution in [0.5, 0.6) is 0 Å². The standard InChI is InChI=1S/C14H16N2O2/c1-2-10-7-16-8-11-5-9(3-4-12(10)11)6-13(15)14(17)18/h3-5,7-8,13H,2,6,15H2,1H3,(H,17,18). The number of fused-ring (bicyclic) bond motifs is 1. The summed E-state index contributed by atoms with van der Waals surface area (Å²) in [4.78, 5) is 14.9. The second-order valence-electron chi connectivity index (χ2n) is 4.36. The molecule has 0 aliphatic carbocycles. The Morgan fingerprint density at radius 2 is 2.22 bits per heavy atom. The summed E-state index contributed by atoms with van der Waals surface area (Å²) in [7, 11) is 0. The van der Waals surface area contributed by atoms with Crippen molar-refractivity contribution in [3.05, 3.63) is 41.7 Å². The first-order valence-corrected chi connectivity index (χ1v) is 5.95. The van der Waals surface area contributed by atoms with Gasteiger partial charge in [0, 0.05) is 17.8 Å². The van der Waals surface area contributed by atoms with Crippen LogP contribution < -0.4 is 5.73 Å². The van der Waals surface area contributed by atoms with Crippen molar-refractivity contribution in [1.29, 1.82) is 0 Å². The van der Waals surface area contributed by atoms with Gasteiger partial charge in [-0.2, -0.15) is 0 Å². The number of carboxylic acid groups (broad SMARTS) is 1. The number of rotatable bonds is 4. The second-order valence-corrected chi connectivity index (χ2v) is 4.36. The van der Waals surface area contributed by atoms with E-state index in [1.807, 2.05) is 24.4 Å². The average molecular weight is 244 g/mol. The largest absolute Gasteiger partial charge is 0.480 e. The van der Waals surface area contributed by atoms with Crippen LogP contribution in [0.1, 0.15) is 18.1 Å². The number of carboxylic acids is 1. The van der Waals surface area contributed by atoms with Crippen LogP contribution in [0, 0.1) is 0 Å². The molecule has 0 saturated heterocycles. The van der Waals surface area contributed by atoms with Crippen LogP contribution in [0.4, 0.5) is 0 Å². The summed E-state index contributed by atoms with van der Waals surface area (Å²) in [6.45, 7) is 2.09. The molecule has 1 aromatic heterocycles. The van der Waals surface area contributed by atoms with E-state index in [0.717, 1.165) is 17.4 Å². The molecule has 1 heterocycles. The number of aliphatic carboxylic acids is 1. The molecule has 4 heteroatoms. The molecule has 2 rings (SSSR count). The average Bonchev–Trinajstić information content (AvgIpc) is 2.37. The number of nitrogens with zero attached hydrogens (tertiary/aromatic N) is 1. The van der Waals surface area contributed by atoms with Crippen molar-refractivity contribution in [3.63, 3.8) is 0 Å². The topological polar surface area (TPSA) is 76.2 Å². The molecule has 1 atom stereocenters. The number of hydrogen-bond acceptors (Lipinski definition) is 3. The van der Waals surface area contributed by atoms with Crippen LogP contribution in [-0.2, 0) is 17.6 Å². The van der Waals surface area contributed by atoms with Gasteiger partial charge in [0.2, 0.25) is 0 Å². The zero-order valence-electron chi connectivity index (χ0n) is 10.3. The van der Waals surface area contributed by atoms with Crippen molar-refractivity contribution in [1.82, 2.24) is 4.98 Å². The maximum absolute atomic E-state index is 10.7. The molecule has 0 bridgehead atoms. The Kier molecular flexibility index (Phi) is 3.58. The Balaban J connectivity index is 2.36. The molecular formula is C14H16N2O2. The Hall–Kier alpha value is -1.94. The summed E-state index contributed by atoms with van der Waals surface area (Å²) < 4.78 is 0. The summed E-state index contributed by atoms with van der Waals surface area (Å²) in [5, 5.41) is 11.0. The van der Waals surface area contributed by atoms with Crippen LogP contribution >= 0.6 is 0 Å². The second kappa shape index (κ2) is 5.14. The van der Waals surface area contributed by atoms with E-state index in [4.69, 9.17) is 10.8 Å². The first-order chi connectivity index (χ1) is 8.61. The first-order valence-electron chi connectivity index (χ1n) is 5.95. The van der Waals surface area contributed by atoms with Crippen LogP contribution in [-0.4, -0.2) is 22.1 Å². The lowest BCUT2D eigenvalue weighted by atomic mass is 10.0. The highest BCUT2D eigenvalue weighted by Crippen LogP contribution is 2.20. The maximum atomic E-state index is 10.7. The molecule has 0 saturated carbocycles. The van der Waals surface area contributed by atoms with Crippen molar-refractivity contribution in [3.8, 4) is 0 Å². The first kappa shape index (κ1) is 12.5. The molecule has 1 unspecified atom stereocenters. The minimum Gasteiger partial charge on any atom is -0.480 e. The van der Waals surface area contributed by atoms with E-state index in [1.165, 1.54) is 10.9 Å². The van der Waals surface area contributed by atoms with Crippen LogP contribution in [0.3, 0.4) is 0 Å². The minimum absolute atomic E-state index is 0.335. The van der Waals surface area contributed by atoms with Gasteiger partial charge in [-0.05, 0) is 35.4 Å². The highest BCUT2D eigenvalue weighted by atomic mass is 16.4. The zero-order valence-corrected chi connectivity index (χ0v) is 10.3. The van der Waals surface area contributed by atoms with Crippen molar-refractivity contribution in [2.75, 3.05) is 0 Å². The molecule has 1 aromatic carbocycles. The Morgan fingerprint density at radius 3 is 2.89 bits per heavy atom. The predicted molar refractivity (Wildman–Crippen MR) is 70.4 cm³/mol. The van der Waals surface area contributed by atoms with Crippen molar-refractivity contribution in [2.45, 2.75) is 25.8 Å². The smallest absolute Gasteiger partial charge is 0.320 e. The normalized spacial score (nSPS) is 12.6. The molecule has 0 fully saturated rings. The van der Waals surface area contributed by atoms with E-state index in [2.05, 4.69) is 11.9 Å². The van der Waals surface area contributed by atoms with Gasteiger partial charge in [-0.15, -0.1) is 0 Å². The zero-order chi connectivity index (χ0) is 13.1. The van der Waals surface area contributed by atoms with Crippen molar-refractivity contribution in [2.24, 2.45) is 5.73 Å². The predicted octanol–water partition coefficient (Wildman–Crippen LogP) is 1.75. The van der Waals surface area contributed by atoms with Crippen LogP contribution in [0.2, 0.25) is 0 Å². The highest BCUT2D eigenvalue weighted by Gasteiger charge is 2.12. The van der Waals surface area contributed by atoms with Gasteiger partial charge in [0.15, 0.2) is 0 Å². The summed E-state index contributed by atoms with van der Waals surface area (Å²) >= 11 is 0. The third kappa shape index (κ3) is 2.49.